The van der Waals surface area contributed by atoms with Gasteiger partial charge in [-0.2, -0.15) is 0 Å². The van der Waals surface area contributed by atoms with E-state index in [0.717, 1.165) is 49.1 Å². The van der Waals surface area contributed by atoms with E-state index in [1.54, 1.807) is 6.20 Å². The van der Waals surface area contributed by atoms with Gasteiger partial charge in [-0.1, -0.05) is 0 Å². The van der Waals surface area contributed by atoms with Crippen molar-refractivity contribution in [3.63, 3.8) is 0 Å². The largest absolute Gasteiger partial charge is 0.369 e. The highest BCUT2D eigenvalue weighted by Gasteiger charge is 2.44. The molecule has 0 radical (unpaired) electrons. The molecule has 2 aliphatic rings. The summed E-state index contributed by atoms with van der Waals surface area (Å²) in [5.74, 6) is 0.189. The lowest BCUT2D eigenvalue weighted by Gasteiger charge is -2.38. The van der Waals surface area contributed by atoms with E-state index in [0.29, 0.717) is 11.2 Å². The van der Waals surface area contributed by atoms with Gasteiger partial charge in [0.05, 0.1) is 15.6 Å². The van der Waals surface area contributed by atoms with Crippen molar-refractivity contribution in [3.05, 3.63) is 17.0 Å². The number of imidazole rings is 1. The van der Waals surface area contributed by atoms with Crippen LogP contribution in [-0.4, -0.2) is 39.5 Å². The molecule has 0 aliphatic carbocycles. The number of piperidine rings is 1. The lowest BCUT2D eigenvalue weighted by Crippen LogP contribution is -2.44. The van der Waals surface area contributed by atoms with Gasteiger partial charge >= 0.3 is 0 Å². The van der Waals surface area contributed by atoms with Crippen LogP contribution in [0, 0.1) is 5.41 Å². The van der Waals surface area contributed by atoms with Crippen molar-refractivity contribution in [2.75, 3.05) is 24.5 Å². The van der Waals surface area contributed by atoms with Crippen molar-refractivity contribution in [1.29, 1.82) is 0 Å². The summed E-state index contributed by atoms with van der Waals surface area (Å²) in [6.07, 6.45) is 5.69. The van der Waals surface area contributed by atoms with Gasteiger partial charge in [0.2, 0.25) is 5.91 Å². The summed E-state index contributed by atoms with van der Waals surface area (Å²) in [7, 11) is 0. The van der Waals surface area contributed by atoms with Gasteiger partial charge in [0.15, 0.2) is 18.0 Å². The highest BCUT2D eigenvalue weighted by molar-refractivity contribution is 9.10. The summed E-state index contributed by atoms with van der Waals surface area (Å²) < 4.78 is 15.1. The standard InChI is InChI=1S/C14H15BrFN5OS/c15-9-7-18-12-10(19-8-21(12)23-16)11(9)20-5-2-14(3-6-20)1-4-17-13(14)22/h7-8H,1-6H2,(H,17,22). The van der Waals surface area contributed by atoms with Crippen molar-refractivity contribution in [3.8, 4) is 0 Å². The van der Waals surface area contributed by atoms with Crippen LogP contribution in [0.25, 0.3) is 11.2 Å². The quantitative estimate of drug-likeness (QED) is 0.840. The fourth-order valence-corrected chi connectivity index (χ4v) is 4.43. The Hall–Kier alpha value is -1.35. The molecule has 23 heavy (non-hydrogen) atoms. The van der Waals surface area contributed by atoms with Gasteiger partial charge in [-0.05, 0) is 35.2 Å². The number of carbonyl (C=O) groups excluding carboxylic acids is 1. The molecule has 4 rings (SSSR count). The minimum Gasteiger partial charge on any atom is -0.369 e. The Kier molecular flexibility index (Phi) is 3.72. The number of hydrogen-bond acceptors (Lipinski definition) is 5. The molecule has 1 amide bonds. The molecule has 1 N–H and O–H groups in total. The lowest BCUT2D eigenvalue weighted by molar-refractivity contribution is -0.128. The van der Waals surface area contributed by atoms with Gasteiger partial charge in [0.1, 0.15) is 11.8 Å². The average Bonchev–Trinajstić information content (AvgIpc) is 3.13. The molecule has 0 saturated carbocycles. The first-order chi connectivity index (χ1) is 11.1. The zero-order valence-electron chi connectivity index (χ0n) is 12.3. The third kappa shape index (κ3) is 2.32. The van der Waals surface area contributed by atoms with Crippen LogP contribution in [0.15, 0.2) is 17.0 Å². The highest BCUT2D eigenvalue weighted by Crippen LogP contribution is 2.42. The molecule has 4 heterocycles. The van der Waals surface area contributed by atoms with E-state index >= 15 is 0 Å². The van der Waals surface area contributed by atoms with E-state index in [-0.39, 0.29) is 23.7 Å². The van der Waals surface area contributed by atoms with Crippen molar-refractivity contribution >= 4 is 51.0 Å². The maximum Gasteiger partial charge on any atom is 0.226 e. The van der Waals surface area contributed by atoms with E-state index in [9.17, 15) is 8.68 Å². The first-order valence-electron chi connectivity index (χ1n) is 7.48. The summed E-state index contributed by atoms with van der Waals surface area (Å²) in [6.45, 7) is 2.34. The fourth-order valence-electron chi connectivity index (χ4n) is 3.61. The number of carbonyl (C=O) groups is 1. The number of nitrogens with one attached hydrogen (secondary N) is 1. The van der Waals surface area contributed by atoms with E-state index in [4.69, 9.17) is 0 Å². The predicted molar refractivity (Wildman–Crippen MR) is 90.8 cm³/mol. The van der Waals surface area contributed by atoms with Crippen LogP contribution in [0.5, 0.6) is 0 Å². The zero-order chi connectivity index (χ0) is 16.0. The van der Waals surface area contributed by atoms with Gasteiger partial charge in [-0.25, -0.2) is 13.9 Å². The summed E-state index contributed by atoms with van der Waals surface area (Å²) in [6, 6.07) is 0. The number of rotatable bonds is 2. The second-order valence-electron chi connectivity index (χ2n) is 6.04. The number of nitrogens with zero attached hydrogens (tertiary/aromatic N) is 4. The molecule has 0 unspecified atom stereocenters. The normalized spacial score (nSPS) is 20.4. The first-order valence-corrected chi connectivity index (χ1v) is 8.95. The van der Waals surface area contributed by atoms with Gasteiger partial charge in [0.25, 0.3) is 0 Å². The number of aromatic nitrogens is 3. The van der Waals surface area contributed by atoms with Gasteiger partial charge in [-0.15, -0.1) is 3.89 Å². The third-order valence-corrected chi connectivity index (χ3v) is 5.94. The van der Waals surface area contributed by atoms with E-state index in [1.807, 2.05) is 0 Å². The van der Waals surface area contributed by atoms with Crippen LogP contribution < -0.4 is 10.2 Å². The Labute approximate surface area is 145 Å². The molecule has 2 aromatic rings. The molecule has 0 aromatic carbocycles. The Balaban J connectivity index is 1.67. The van der Waals surface area contributed by atoms with E-state index < -0.39 is 0 Å². The molecular weight excluding hydrogens is 385 g/mol. The maximum absolute atomic E-state index is 12.9. The number of anilines is 1. The summed E-state index contributed by atoms with van der Waals surface area (Å²) in [5.41, 5.74) is 1.91. The zero-order valence-corrected chi connectivity index (χ0v) is 14.7. The summed E-state index contributed by atoms with van der Waals surface area (Å²) >= 11 is 3.62. The van der Waals surface area contributed by atoms with Crippen LogP contribution in [0.4, 0.5) is 9.57 Å². The van der Waals surface area contributed by atoms with Crippen LogP contribution in [0.3, 0.4) is 0 Å². The molecule has 0 atom stereocenters. The molecular formula is C14H15BrFN5OS. The molecule has 1 spiro atoms. The molecule has 0 bridgehead atoms. The van der Waals surface area contributed by atoms with Gasteiger partial charge < -0.3 is 10.2 Å². The molecule has 122 valence electrons. The Morgan fingerprint density at radius 1 is 1.30 bits per heavy atom. The number of pyridine rings is 1. The number of hydrogen-bond donors (Lipinski definition) is 1. The van der Waals surface area contributed by atoms with Gasteiger partial charge in [-0.3, -0.25) is 4.79 Å². The summed E-state index contributed by atoms with van der Waals surface area (Å²) in [5, 5.41) is 2.95. The molecule has 6 nitrogen and oxygen atoms in total. The van der Waals surface area contributed by atoms with Crippen LogP contribution >= 0.6 is 28.3 Å². The highest BCUT2D eigenvalue weighted by atomic mass is 79.9. The SMILES string of the molecule is O=C1NCCC12CCN(c1c(Br)cnc3c1ncn3SF)CC2. The van der Waals surface area contributed by atoms with Crippen LogP contribution in [0.2, 0.25) is 0 Å². The van der Waals surface area contributed by atoms with Gasteiger partial charge in [0, 0.05) is 25.8 Å². The smallest absolute Gasteiger partial charge is 0.226 e. The molecule has 9 heteroatoms. The van der Waals surface area contributed by atoms with E-state index in [2.05, 4.69) is 36.1 Å². The molecule has 2 saturated heterocycles. The fraction of sp³-hybridized carbons (Fsp3) is 0.500. The first kappa shape index (κ1) is 15.2. The third-order valence-electron chi connectivity index (χ3n) is 4.94. The van der Waals surface area contributed by atoms with Crippen LogP contribution in [-0.2, 0) is 4.79 Å². The second kappa shape index (κ2) is 5.62. The molecule has 2 aliphatic heterocycles. The molecule has 2 aromatic heterocycles. The van der Waals surface area contributed by atoms with Crippen molar-refractivity contribution < 1.29 is 8.68 Å². The predicted octanol–water partition coefficient (Wildman–Crippen LogP) is 2.68. The number of fused-ring (bicyclic) bond motifs is 1. The average molecular weight is 400 g/mol. The van der Waals surface area contributed by atoms with Crippen LogP contribution in [0.1, 0.15) is 19.3 Å². The maximum atomic E-state index is 12.9. The number of halogens is 2. The van der Waals surface area contributed by atoms with E-state index in [1.165, 1.54) is 10.3 Å². The second-order valence-corrected chi connectivity index (χ2v) is 7.43. The van der Waals surface area contributed by atoms with Crippen molar-refractivity contribution in [1.82, 2.24) is 19.3 Å². The minimum absolute atomic E-state index is 0.0866. The monoisotopic (exact) mass is 399 g/mol. The Bertz CT molecular complexity index is 774. The summed E-state index contributed by atoms with van der Waals surface area (Å²) in [4.78, 5) is 22.9. The molecule has 2 fully saturated rings. The Morgan fingerprint density at radius 3 is 2.74 bits per heavy atom. The van der Waals surface area contributed by atoms with Crippen molar-refractivity contribution in [2.24, 2.45) is 5.41 Å². The van der Waals surface area contributed by atoms with Crippen molar-refractivity contribution in [2.45, 2.75) is 19.3 Å². The number of amides is 1. The lowest BCUT2D eigenvalue weighted by atomic mass is 9.77. The Morgan fingerprint density at radius 2 is 2.09 bits per heavy atom. The topological polar surface area (TPSA) is 63.1 Å². The minimum atomic E-state index is -0.205.